The molecule has 1 heterocycles. The van der Waals surface area contributed by atoms with Crippen molar-refractivity contribution in [1.29, 1.82) is 0 Å². The first-order valence-electron chi connectivity index (χ1n) is 8.21. The van der Waals surface area contributed by atoms with Gasteiger partial charge >= 0.3 is 0 Å². The Kier molecular flexibility index (Phi) is 8.72. The summed E-state index contributed by atoms with van der Waals surface area (Å²) in [4.78, 5) is 2.15. The van der Waals surface area contributed by atoms with Gasteiger partial charge in [0.25, 0.3) is 0 Å². The predicted molar refractivity (Wildman–Crippen MR) is 113 cm³/mol. The molecule has 1 aromatic heterocycles. The normalized spacial score (nSPS) is 10.4. The van der Waals surface area contributed by atoms with Crippen LogP contribution in [0, 0.1) is 0 Å². The quantitative estimate of drug-likeness (QED) is 0.486. The number of hydrogen-bond acceptors (Lipinski definition) is 4. The van der Waals surface area contributed by atoms with Crippen LogP contribution in [0.25, 0.3) is 10.9 Å². The molecule has 2 aromatic carbocycles. The third kappa shape index (κ3) is 5.53. The second-order valence-corrected chi connectivity index (χ2v) is 6.23. The van der Waals surface area contributed by atoms with Crippen molar-refractivity contribution in [2.75, 3.05) is 33.0 Å². The van der Waals surface area contributed by atoms with E-state index in [0.717, 1.165) is 29.6 Å². The molecular formula is C19H26Cl2N4O. The fraction of sp³-hybridized carbons (Fsp3) is 0.316. The number of nitrogens with two attached hydrogens (primary N) is 1. The van der Waals surface area contributed by atoms with E-state index in [1.54, 1.807) is 0 Å². The van der Waals surface area contributed by atoms with Crippen LogP contribution >= 0.6 is 24.8 Å². The smallest absolute Gasteiger partial charge is 0.240 e. The summed E-state index contributed by atoms with van der Waals surface area (Å²) in [5.74, 6) is 0.659. The van der Waals surface area contributed by atoms with Gasteiger partial charge in [-0.2, -0.15) is 0 Å². The van der Waals surface area contributed by atoms with Gasteiger partial charge in [0, 0.05) is 12.2 Å². The Hall–Kier alpha value is -1.95. The number of halogens is 2. The molecule has 0 unspecified atom stereocenters. The SMILES string of the molecule is CN(C)CCCOc1nn(Cc2ccccc2)c2ccc(N)cc12.Cl.Cl. The summed E-state index contributed by atoms with van der Waals surface area (Å²) in [5.41, 5.74) is 8.92. The second kappa shape index (κ2) is 10.3. The van der Waals surface area contributed by atoms with Gasteiger partial charge < -0.3 is 15.4 Å². The molecule has 0 aliphatic carbocycles. The van der Waals surface area contributed by atoms with Crippen LogP contribution < -0.4 is 10.5 Å². The average molecular weight is 397 g/mol. The third-order valence-corrected chi connectivity index (χ3v) is 3.90. The highest BCUT2D eigenvalue weighted by atomic mass is 35.5. The second-order valence-electron chi connectivity index (χ2n) is 6.23. The lowest BCUT2D eigenvalue weighted by Gasteiger charge is -2.09. The van der Waals surface area contributed by atoms with Crippen molar-refractivity contribution in [3.8, 4) is 5.88 Å². The topological polar surface area (TPSA) is 56.3 Å². The molecule has 0 aliphatic rings. The average Bonchev–Trinajstić information content (AvgIpc) is 2.89. The largest absolute Gasteiger partial charge is 0.476 e. The molecule has 5 nitrogen and oxygen atoms in total. The van der Waals surface area contributed by atoms with Crippen molar-refractivity contribution < 1.29 is 4.74 Å². The van der Waals surface area contributed by atoms with Crippen molar-refractivity contribution in [1.82, 2.24) is 14.7 Å². The number of hydrogen-bond donors (Lipinski definition) is 1. The Morgan fingerprint density at radius 3 is 2.50 bits per heavy atom. The Morgan fingerprint density at radius 1 is 1.08 bits per heavy atom. The minimum Gasteiger partial charge on any atom is -0.476 e. The van der Waals surface area contributed by atoms with Gasteiger partial charge in [0.05, 0.1) is 24.1 Å². The van der Waals surface area contributed by atoms with Crippen LogP contribution in [0.2, 0.25) is 0 Å². The number of rotatable bonds is 7. The Morgan fingerprint density at radius 2 is 1.81 bits per heavy atom. The Balaban J connectivity index is 0.00000169. The van der Waals surface area contributed by atoms with Crippen molar-refractivity contribution in [2.45, 2.75) is 13.0 Å². The van der Waals surface area contributed by atoms with Gasteiger partial charge in [0.1, 0.15) is 0 Å². The molecule has 2 N–H and O–H groups in total. The zero-order chi connectivity index (χ0) is 16.9. The first-order chi connectivity index (χ1) is 11.6. The highest BCUT2D eigenvalue weighted by molar-refractivity contribution is 5.87. The summed E-state index contributed by atoms with van der Waals surface area (Å²) < 4.78 is 7.91. The highest BCUT2D eigenvalue weighted by Crippen LogP contribution is 2.27. The number of aromatic nitrogens is 2. The van der Waals surface area contributed by atoms with Gasteiger partial charge in [-0.25, -0.2) is 0 Å². The van der Waals surface area contributed by atoms with E-state index in [1.165, 1.54) is 5.56 Å². The highest BCUT2D eigenvalue weighted by Gasteiger charge is 2.12. The molecule has 7 heteroatoms. The number of ether oxygens (including phenoxy) is 1. The maximum Gasteiger partial charge on any atom is 0.240 e. The summed E-state index contributed by atoms with van der Waals surface area (Å²) in [6.07, 6.45) is 0.961. The van der Waals surface area contributed by atoms with Crippen molar-refractivity contribution in [2.24, 2.45) is 0 Å². The van der Waals surface area contributed by atoms with Crippen LogP contribution in [0.5, 0.6) is 5.88 Å². The number of anilines is 1. The lowest BCUT2D eigenvalue weighted by molar-refractivity contribution is 0.273. The molecule has 3 aromatic rings. The van der Waals surface area contributed by atoms with Crippen molar-refractivity contribution in [3.05, 3.63) is 54.1 Å². The predicted octanol–water partition coefficient (Wildman–Crippen LogP) is 3.84. The molecule has 142 valence electrons. The van der Waals surface area contributed by atoms with Gasteiger partial charge in [-0.05, 0) is 44.3 Å². The van der Waals surface area contributed by atoms with Crippen molar-refractivity contribution >= 4 is 41.4 Å². The standard InChI is InChI=1S/C19H24N4O.2ClH/c1-22(2)11-6-12-24-19-17-13-16(20)9-10-18(17)23(21-19)14-15-7-4-3-5-8-15;;/h3-5,7-10,13H,6,11-12,14,20H2,1-2H3;2*1H. The van der Waals surface area contributed by atoms with Crippen molar-refractivity contribution in [3.63, 3.8) is 0 Å². The molecule has 0 bridgehead atoms. The van der Waals surface area contributed by atoms with E-state index in [9.17, 15) is 0 Å². The molecule has 0 spiro atoms. The molecule has 0 saturated heterocycles. The Bertz CT molecular complexity index is 806. The first-order valence-corrected chi connectivity index (χ1v) is 8.21. The fourth-order valence-corrected chi connectivity index (χ4v) is 2.70. The van der Waals surface area contributed by atoms with E-state index in [0.29, 0.717) is 19.0 Å². The van der Waals surface area contributed by atoms with Gasteiger partial charge in [0.15, 0.2) is 0 Å². The van der Waals surface area contributed by atoms with Crippen LogP contribution in [-0.4, -0.2) is 41.9 Å². The van der Waals surface area contributed by atoms with Crippen LogP contribution in [0.4, 0.5) is 5.69 Å². The van der Waals surface area contributed by atoms with Gasteiger partial charge in [-0.3, -0.25) is 4.68 Å². The van der Waals surface area contributed by atoms with Crippen LogP contribution in [0.3, 0.4) is 0 Å². The number of nitrogens with zero attached hydrogens (tertiary/aromatic N) is 3. The maximum absolute atomic E-state index is 5.95. The molecule has 0 saturated carbocycles. The van der Waals surface area contributed by atoms with Gasteiger partial charge in [-0.15, -0.1) is 29.9 Å². The summed E-state index contributed by atoms with van der Waals surface area (Å²) in [5, 5.41) is 5.64. The maximum atomic E-state index is 5.95. The molecular weight excluding hydrogens is 371 g/mol. The van der Waals surface area contributed by atoms with E-state index in [4.69, 9.17) is 10.5 Å². The van der Waals surface area contributed by atoms with E-state index in [2.05, 4.69) is 36.2 Å². The van der Waals surface area contributed by atoms with E-state index >= 15 is 0 Å². The molecule has 3 rings (SSSR count). The number of fused-ring (bicyclic) bond motifs is 1. The van der Waals surface area contributed by atoms with Crippen LogP contribution in [-0.2, 0) is 6.54 Å². The molecule has 0 fully saturated rings. The summed E-state index contributed by atoms with van der Waals surface area (Å²) in [6, 6.07) is 16.1. The summed E-state index contributed by atoms with van der Waals surface area (Å²) in [7, 11) is 4.12. The molecule has 0 radical (unpaired) electrons. The summed E-state index contributed by atoms with van der Waals surface area (Å²) >= 11 is 0. The van der Waals surface area contributed by atoms with E-state index < -0.39 is 0 Å². The minimum atomic E-state index is 0. The minimum absolute atomic E-state index is 0. The Labute approximate surface area is 166 Å². The molecule has 0 atom stereocenters. The van der Waals surface area contributed by atoms with Crippen LogP contribution in [0.15, 0.2) is 48.5 Å². The van der Waals surface area contributed by atoms with E-state index in [1.807, 2.05) is 41.1 Å². The fourth-order valence-electron chi connectivity index (χ4n) is 2.70. The molecule has 0 amide bonds. The zero-order valence-corrected chi connectivity index (χ0v) is 16.7. The third-order valence-electron chi connectivity index (χ3n) is 3.90. The molecule has 26 heavy (non-hydrogen) atoms. The number of nitrogen functional groups attached to an aromatic ring is 1. The zero-order valence-electron chi connectivity index (χ0n) is 15.1. The lowest BCUT2D eigenvalue weighted by Crippen LogP contribution is -2.15. The number of benzene rings is 2. The van der Waals surface area contributed by atoms with Crippen LogP contribution in [0.1, 0.15) is 12.0 Å². The molecule has 0 aliphatic heterocycles. The monoisotopic (exact) mass is 396 g/mol. The van der Waals surface area contributed by atoms with Gasteiger partial charge in [-0.1, -0.05) is 30.3 Å². The van der Waals surface area contributed by atoms with E-state index in [-0.39, 0.29) is 24.8 Å². The van der Waals surface area contributed by atoms with Gasteiger partial charge in [0.2, 0.25) is 5.88 Å². The first kappa shape index (κ1) is 22.1. The lowest BCUT2D eigenvalue weighted by atomic mass is 10.2. The summed E-state index contributed by atoms with van der Waals surface area (Å²) in [6.45, 7) is 2.34.